The predicted molar refractivity (Wildman–Crippen MR) is 108 cm³/mol. The number of rotatable bonds is 5. The maximum Gasteiger partial charge on any atom is 0.291 e. The van der Waals surface area contributed by atoms with Gasteiger partial charge in [0.2, 0.25) is 0 Å². The van der Waals surface area contributed by atoms with Gasteiger partial charge >= 0.3 is 0 Å². The molecule has 0 aliphatic rings. The molecule has 0 aliphatic heterocycles. The molecule has 0 spiro atoms. The fourth-order valence-electron chi connectivity index (χ4n) is 3.03. The molecule has 0 unspecified atom stereocenters. The first-order valence-corrected chi connectivity index (χ1v) is 8.80. The highest BCUT2D eigenvalue weighted by Crippen LogP contribution is 2.29. The van der Waals surface area contributed by atoms with Crippen LogP contribution >= 0.6 is 0 Å². The van der Waals surface area contributed by atoms with E-state index in [9.17, 15) is 9.59 Å². The SMILES string of the molecule is COc1ccc2oc(C(=O)Nc3ccc(-n4ccc(C(N)=O)n4)cc3)c(C)c2c1. The number of carbonyl (C=O) groups excluding carboxylic acids is 2. The summed E-state index contributed by atoms with van der Waals surface area (Å²) >= 11 is 0. The summed E-state index contributed by atoms with van der Waals surface area (Å²) < 4.78 is 12.5. The minimum absolute atomic E-state index is 0.180. The van der Waals surface area contributed by atoms with E-state index in [2.05, 4.69) is 10.4 Å². The van der Waals surface area contributed by atoms with Crippen molar-refractivity contribution in [3.05, 3.63) is 71.7 Å². The highest BCUT2D eigenvalue weighted by molar-refractivity contribution is 6.06. The molecule has 0 fully saturated rings. The van der Waals surface area contributed by atoms with Crippen LogP contribution in [-0.2, 0) is 0 Å². The van der Waals surface area contributed by atoms with Gasteiger partial charge in [-0.1, -0.05) is 0 Å². The highest BCUT2D eigenvalue weighted by atomic mass is 16.5. The summed E-state index contributed by atoms with van der Waals surface area (Å²) in [6, 6.07) is 13.9. The Labute approximate surface area is 165 Å². The summed E-state index contributed by atoms with van der Waals surface area (Å²) in [5.74, 6) is 0.00421. The number of ether oxygens (including phenoxy) is 1. The summed E-state index contributed by atoms with van der Waals surface area (Å²) in [5.41, 5.74) is 8.08. The molecule has 4 aromatic rings. The second-order valence-electron chi connectivity index (χ2n) is 6.43. The number of anilines is 1. The molecule has 3 N–H and O–H groups in total. The van der Waals surface area contributed by atoms with Crippen LogP contribution < -0.4 is 15.8 Å². The molecule has 2 heterocycles. The third-order valence-electron chi connectivity index (χ3n) is 4.58. The predicted octanol–water partition coefficient (Wildman–Crippen LogP) is 3.29. The molecule has 0 radical (unpaired) electrons. The molecular formula is C21H18N4O4. The maximum absolute atomic E-state index is 12.7. The van der Waals surface area contributed by atoms with Gasteiger partial charge in [-0.2, -0.15) is 5.10 Å². The molecule has 0 saturated heterocycles. The van der Waals surface area contributed by atoms with Crippen molar-refractivity contribution in [3.63, 3.8) is 0 Å². The second-order valence-corrected chi connectivity index (χ2v) is 6.43. The number of hydrogen-bond acceptors (Lipinski definition) is 5. The summed E-state index contributed by atoms with van der Waals surface area (Å²) in [5, 5.41) is 7.75. The van der Waals surface area contributed by atoms with E-state index in [-0.39, 0.29) is 17.4 Å². The Morgan fingerprint density at radius 2 is 1.90 bits per heavy atom. The number of nitrogens with zero attached hydrogens (tertiary/aromatic N) is 2. The number of benzene rings is 2. The zero-order chi connectivity index (χ0) is 20.5. The number of hydrogen-bond donors (Lipinski definition) is 2. The number of furan rings is 1. The molecule has 0 aliphatic carbocycles. The minimum atomic E-state index is -0.591. The van der Waals surface area contributed by atoms with Crippen molar-refractivity contribution in [2.45, 2.75) is 6.92 Å². The average Bonchev–Trinajstić information content (AvgIpc) is 3.34. The van der Waals surface area contributed by atoms with Gasteiger partial charge in [-0.05, 0) is 55.5 Å². The first kappa shape index (κ1) is 18.3. The number of nitrogens with two attached hydrogens (primary N) is 1. The van der Waals surface area contributed by atoms with Crippen LogP contribution in [0.25, 0.3) is 16.7 Å². The summed E-state index contributed by atoms with van der Waals surface area (Å²) in [6.45, 7) is 1.83. The number of primary amides is 1. The Morgan fingerprint density at radius 1 is 1.14 bits per heavy atom. The number of carbonyl (C=O) groups is 2. The van der Waals surface area contributed by atoms with Crippen LogP contribution in [0.1, 0.15) is 26.6 Å². The van der Waals surface area contributed by atoms with Gasteiger partial charge in [0, 0.05) is 22.8 Å². The maximum atomic E-state index is 12.7. The molecular weight excluding hydrogens is 372 g/mol. The van der Waals surface area contributed by atoms with Crippen molar-refractivity contribution in [2.24, 2.45) is 5.73 Å². The van der Waals surface area contributed by atoms with E-state index < -0.39 is 5.91 Å². The molecule has 29 heavy (non-hydrogen) atoms. The van der Waals surface area contributed by atoms with Gasteiger partial charge < -0.3 is 20.2 Å². The number of nitrogens with one attached hydrogen (secondary N) is 1. The largest absolute Gasteiger partial charge is 0.497 e. The molecule has 4 rings (SSSR count). The van der Waals surface area contributed by atoms with Crippen LogP contribution in [0.5, 0.6) is 5.75 Å². The van der Waals surface area contributed by atoms with Crippen molar-refractivity contribution >= 4 is 28.5 Å². The molecule has 8 nitrogen and oxygen atoms in total. The Kier molecular flexibility index (Phi) is 4.52. The fourth-order valence-corrected chi connectivity index (χ4v) is 3.03. The van der Waals surface area contributed by atoms with Gasteiger partial charge in [-0.3, -0.25) is 9.59 Å². The van der Waals surface area contributed by atoms with E-state index in [4.69, 9.17) is 14.9 Å². The quantitative estimate of drug-likeness (QED) is 0.543. The van der Waals surface area contributed by atoms with Crippen LogP contribution in [0.15, 0.2) is 59.1 Å². The number of fused-ring (bicyclic) bond motifs is 1. The summed E-state index contributed by atoms with van der Waals surface area (Å²) in [6.07, 6.45) is 1.64. The topological polar surface area (TPSA) is 112 Å². The Hall–Kier alpha value is -4.07. The molecule has 2 aromatic carbocycles. The lowest BCUT2D eigenvalue weighted by atomic mass is 10.1. The number of aromatic nitrogens is 2. The molecule has 0 atom stereocenters. The van der Waals surface area contributed by atoms with E-state index in [0.29, 0.717) is 17.0 Å². The lowest BCUT2D eigenvalue weighted by Crippen LogP contribution is -2.12. The van der Waals surface area contributed by atoms with Crippen LogP contribution in [-0.4, -0.2) is 28.7 Å². The normalized spacial score (nSPS) is 10.8. The second kappa shape index (κ2) is 7.16. The standard InChI is InChI=1S/C21H18N4O4/c1-12-16-11-15(28-2)7-8-18(16)29-19(12)21(27)23-13-3-5-14(6-4-13)25-10-9-17(24-25)20(22)26/h3-11H,1-2H3,(H2,22,26)(H,23,27). The van der Waals surface area contributed by atoms with Crippen molar-refractivity contribution in [2.75, 3.05) is 12.4 Å². The van der Waals surface area contributed by atoms with E-state index in [1.807, 2.05) is 13.0 Å². The Bertz CT molecular complexity index is 1220. The molecule has 0 bridgehead atoms. The lowest BCUT2D eigenvalue weighted by Gasteiger charge is -2.06. The Balaban J connectivity index is 1.54. The molecule has 2 amide bonds. The highest BCUT2D eigenvalue weighted by Gasteiger charge is 2.18. The first-order valence-electron chi connectivity index (χ1n) is 8.80. The van der Waals surface area contributed by atoms with E-state index in [1.54, 1.807) is 49.7 Å². The van der Waals surface area contributed by atoms with E-state index >= 15 is 0 Å². The molecule has 0 saturated carbocycles. The summed E-state index contributed by atoms with van der Waals surface area (Å²) in [4.78, 5) is 23.9. The van der Waals surface area contributed by atoms with Gasteiger partial charge in [0.25, 0.3) is 11.8 Å². The van der Waals surface area contributed by atoms with Crippen LogP contribution in [0.3, 0.4) is 0 Å². The zero-order valence-electron chi connectivity index (χ0n) is 15.8. The molecule has 8 heteroatoms. The smallest absolute Gasteiger partial charge is 0.291 e. The van der Waals surface area contributed by atoms with Crippen molar-refractivity contribution in [3.8, 4) is 11.4 Å². The number of aryl methyl sites for hydroxylation is 1. The van der Waals surface area contributed by atoms with Gasteiger partial charge in [0.05, 0.1) is 12.8 Å². The molecule has 146 valence electrons. The monoisotopic (exact) mass is 390 g/mol. The Morgan fingerprint density at radius 3 is 2.55 bits per heavy atom. The van der Waals surface area contributed by atoms with Crippen LogP contribution in [0.4, 0.5) is 5.69 Å². The number of amides is 2. The van der Waals surface area contributed by atoms with Gasteiger partial charge in [0.1, 0.15) is 17.0 Å². The third-order valence-corrected chi connectivity index (χ3v) is 4.58. The van der Waals surface area contributed by atoms with E-state index in [1.165, 1.54) is 10.7 Å². The van der Waals surface area contributed by atoms with Crippen molar-refractivity contribution < 1.29 is 18.7 Å². The average molecular weight is 390 g/mol. The van der Waals surface area contributed by atoms with Crippen LogP contribution in [0, 0.1) is 6.92 Å². The van der Waals surface area contributed by atoms with Crippen molar-refractivity contribution in [1.82, 2.24) is 9.78 Å². The lowest BCUT2D eigenvalue weighted by molar-refractivity contribution is 0.0988. The molecule has 2 aromatic heterocycles. The fraction of sp³-hybridized carbons (Fsp3) is 0.0952. The van der Waals surface area contributed by atoms with Crippen LogP contribution in [0.2, 0.25) is 0 Å². The minimum Gasteiger partial charge on any atom is -0.497 e. The van der Waals surface area contributed by atoms with Gasteiger partial charge in [-0.25, -0.2) is 4.68 Å². The number of methoxy groups -OCH3 is 1. The van der Waals surface area contributed by atoms with E-state index in [0.717, 1.165) is 16.6 Å². The van der Waals surface area contributed by atoms with Gasteiger partial charge in [0.15, 0.2) is 5.76 Å². The zero-order valence-corrected chi connectivity index (χ0v) is 15.8. The summed E-state index contributed by atoms with van der Waals surface area (Å²) in [7, 11) is 1.59. The van der Waals surface area contributed by atoms with Gasteiger partial charge in [-0.15, -0.1) is 0 Å². The third kappa shape index (κ3) is 3.43. The van der Waals surface area contributed by atoms with Crippen molar-refractivity contribution in [1.29, 1.82) is 0 Å². The first-order chi connectivity index (χ1) is 14.0.